The molecular weight excluding hydrogens is 202 g/mol. The number of benzene rings is 1. The third kappa shape index (κ3) is 2.13. The number of nitrogens with zero attached hydrogens (tertiary/aromatic N) is 1. The highest BCUT2D eigenvalue weighted by molar-refractivity contribution is 6.05. The predicted octanol–water partition coefficient (Wildman–Crippen LogP) is 2.06. The number of cyclic esters (lactones) is 1. The molecule has 0 fully saturated rings. The van der Waals surface area contributed by atoms with Crippen molar-refractivity contribution >= 4 is 11.7 Å². The Morgan fingerprint density at radius 1 is 1.31 bits per heavy atom. The number of carbonyl (C=O) groups excluding carboxylic acids is 1. The summed E-state index contributed by atoms with van der Waals surface area (Å²) < 4.78 is 5.15. The highest BCUT2D eigenvalue weighted by atomic mass is 16.5. The van der Waals surface area contributed by atoms with Gasteiger partial charge in [0.25, 0.3) is 0 Å². The van der Waals surface area contributed by atoms with Gasteiger partial charge in [-0.3, -0.25) is 4.99 Å². The van der Waals surface area contributed by atoms with E-state index in [0.29, 0.717) is 0 Å². The molecule has 0 unspecified atom stereocenters. The zero-order chi connectivity index (χ0) is 11.5. The third-order valence-electron chi connectivity index (χ3n) is 2.63. The lowest BCUT2D eigenvalue weighted by Crippen LogP contribution is -2.35. The second kappa shape index (κ2) is 4.47. The van der Waals surface area contributed by atoms with E-state index in [1.165, 1.54) is 0 Å². The van der Waals surface area contributed by atoms with Gasteiger partial charge in [0.15, 0.2) is 0 Å². The van der Waals surface area contributed by atoms with Crippen molar-refractivity contribution in [3.63, 3.8) is 0 Å². The molecule has 1 aliphatic heterocycles. The van der Waals surface area contributed by atoms with Crippen LogP contribution in [-0.4, -0.2) is 24.3 Å². The Morgan fingerprint density at radius 2 is 2.00 bits per heavy atom. The molecule has 0 amide bonds. The maximum absolute atomic E-state index is 11.5. The monoisotopic (exact) mass is 217 g/mol. The lowest BCUT2D eigenvalue weighted by atomic mass is 10.0. The third-order valence-corrected chi connectivity index (χ3v) is 2.63. The van der Waals surface area contributed by atoms with E-state index < -0.39 is 0 Å². The van der Waals surface area contributed by atoms with Crippen LogP contribution in [0.25, 0.3) is 0 Å². The van der Waals surface area contributed by atoms with Crippen LogP contribution >= 0.6 is 0 Å². The minimum atomic E-state index is -0.357. The molecule has 2 rings (SSSR count). The van der Waals surface area contributed by atoms with E-state index in [2.05, 4.69) is 4.99 Å². The van der Waals surface area contributed by atoms with Gasteiger partial charge in [-0.2, -0.15) is 0 Å². The molecule has 0 N–H and O–H groups in total. The Hall–Kier alpha value is -1.64. The van der Waals surface area contributed by atoms with E-state index >= 15 is 0 Å². The molecule has 3 nitrogen and oxygen atoms in total. The molecule has 1 atom stereocenters. The fourth-order valence-electron chi connectivity index (χ4n) is 1.69. The van der Waals surface area contributed by atoms with Gasteiger partial charge in [0.1, 0.15) is 12.6 Å². The molecule has 1 heterocycles. The molecule has 1 aromatic carbocycles. The first-order valence-corrected chi connectivity index (χ1v) is 5.47. The molecule has 0 spiro atoms. The van der Waals surface area contributed by atoms with Gasteiger partial charge < -0.3 is 4.74 Å². The van der Waals surface area contributed by atoms with Crippen molar-refractivity contribution in [3.05, 3.63) is 35.9 Å². The molecule has 0 bridgehead atoms. The summed E-state index contributed by atoms with van der Waals surface area (Å²) in [5, 5.41) is 0. The Kier molecular flexibility index (Phi) is 3.04. The van der Waals surface area contributed by atoms with Crippen molar-refractivity contribution in [2.24, 2.45) is 10.9 Å². The fourth-order valence-corrected chi connectivity index (χ4v) is 1.69. The smallest absolute Gasteiger partial charge is 0.331 e. The number of carbonyl (C=O) groups is 1. The molecule has 1 aromatic rings. The summed E-state index contributed by atoms with van der Waals surface area (Å²) in [5.41, 5.74) is 1.89. The van der Waals surface area contributed by atoms with Gasteiger partial charge in [0.2, 0.25) is 0 Å². The quantitative estimate of drug-likeness (QED) is 0.711. The second-order valence-electron chi connectivity index (χ2n) is 4.24. The summed E-state index contributed by atoms with van der Waals surface area (Å²) in [6.45, 7) is 4.23. The van der Waals surface area contributed by atoms with Crippen LogP contribution in [0.3, 0.4) is 0 Å². The van der Waals surface area contributed by atoms with Crippen LogP contribution < -0.4 is 0 Å². The highest BCUT2D eigenvalue weighted by Gasteiger charge is 2.28. The van der Waals surface area contributed by atoms with Gasteiger partial charge in [-0.05, 0) is 11.5 Å². The standard InChI is InChI=1S/C13H15NO2/c1-9(2)12-13(15)16-8-11(14-12)10-6-4-3-5-7-10/h3-7,9,12H,8H2,1-2H3/t12-/m0/s1. The number of hydrogen-bond donors (Lipinski definition) is 0. The van der Waals surface area contributed by atoms with Gasteiger partial charge in [-0.1, -0.05) is 44.2 Å². The van der Waals surface area contributed by atoms with Crippen LogP contribution in [0.5, 0.6) is 0 Å². The highest BCUT2D eigenvalue weighted by Crippen LogP contribution is 2.16. The Bertz CT molecular complexity index is 409. The van der Waals surface area contributed by atoms with Crippen LogP contribution in [-0.2, 0) is 9.53 Å². The number of ether oxygens (including phenoxy) is 1. The molecule has 0 aromatic heterocycles. The summed E-state index contributed by atoms with van der Waals surface area (Å²) in [7, 11) is 0. The largest absolute Gasteiger partial charge is 0.458 e. The first-order valence-electron chi connectivity index (χ1n) is 5.47. The summed E-state index contributed by atoms with van der Waals surface area (Å²) in [6, 6.07) is 9.48. The number of rotatable bonds is 2. The Labute approximate surface area is 95.2 Å². The SMILES string of the molecule is CC(C)[C@@H]1N=C(c2ccccc2)COC1=O. The second-order valence-corrected chi connectivity index (χ2v) is 4.24. The molecule has 0 radical (unpaired) electrons. The lowest BCUT2D eigenvalue weighted by Gasteiger charge is -2.22. The molecule has 0 saturated heterocycles. The molecule has 16 heavy (non-hydrogen) atoms. The van der Waals surface area contributed by atoms with Crippen LogP contribution in [0.15, 0.2) is 35.3 Å². The first kappa shape index (κ1) is 10.9. The normalized spacial score (nSPS) is 20.6. The van der Waals surface area contributed by atoms with E-state index in [9.17, 15) is 4.79 Å². The van der Waals surface area contributed by atoms with Gasteiger partial charge in [0.05, 0.1) is 5.71 Å². The van der Waals surface area contributed by atoms with Crippen LogP contribution in [0, 0.1) is 5.92 Å². The van der Waals surface area contributed by atoms with E-state index in [-0.39, 0.29) is 24.5 Å². The van der Waals surface area contributed by atoms with Gasteiger partial charge >= 0.3 is 5.97 Å². The minimum Gasteiger partial charge on any atom is -0.458 e. The van der Waals surface area contributed by atoms with Crippen molar-refractivity contribution in [3.8, 4) is 0 Å². The van der Waals surface area contributed by atoms with Gasteiger partial charge in [-0.25, -0.2) is 4.79 Å². The minimum absolute atomic E-state index is 0.173. The molecule has 1 aliphatic rings. The average Bonchev–Trinajstić information content (AvgIpc) is 2.30. The zero-order valence-electron chi connectivity index (χ0n) is 9.51. The molecule has 0 saturated carbocycles. The first-order chi connectivity index (χ1) is 7.68. The number of aliphatic imine (C=N–C) groups is 1. The van der Waals surface area contributed by atoms with Crippen molar-refractivity contribution in [1.82, 2.24) is 0 Å². The maximum atomic E-state index is 11.5. The van der Waals surface area contributed by atoms with Crippen molar-refractivity contribution < 1.29 is 9.53 Å². The van der Waals surface area contributed by atoms with Crippen LogP contribution in [0.1, 0.15) is 19.4 Å². The van der Waals surface area contributed by atoms with Crippen molar-refractivity contribution in [2.75, 3.05) is 6.61 Å². The fraction of sp³-hybridized carbons (Fsp3) is 0.385. The maximum Gasteiger partial charge on any atom is 0.331 e. The lowest BCUT2D eigenvalue weighted by molar-refractivity contribution is -0.145. The predicted molar refractivity (Wildman–Crippen MR) is 62.6 cm³/mol. The molecule has 0 aliphatic carbocycles. The van der Waals surface area contributed by atoms with Crippen molar-refractivity contribution in [2.45, 2.75) is 19.9 Å². The summed E-state index contributed by atoms with van der Waals surface area (Å²) in [6.07, 6.45) is 0. The summed E-state index contributed by atoms with van der Waals surface area (Å²) in [5.74, 6) is -0.0406. The number of esters is 1. The van der Waals surface area contributed by atoms with E-state index in [1.54, 1.807) is 0 Å². The molecular formula is C13H15NO2. The van der Waals surface area contributed by atoms with Gasteiger partial charge in [-0.15, -0.1) is 0 Å². The number of hydrogen-bond acceptors (Lipinski definition) is 3. The van der Waals surface area contributed by atoms with Crippen molar-refractivity contribution in [1.29, 1.82) is 0 Å². The van der Waals surface area contributed by atoms with E-state index in [4.69, 9.17) is 4.74 Å². The van der Waals surface area contributed by atoms with E-state index in [0.717, 1.165) is 11.3 Å². The molecule has 3 heteroatoms. The Balaban J connectivity index is 2.30. The topological polar surface area (TPSA) is 38.7 Å². The van der Waals surface area contributed by atoms with Gasteiger partial charge in [0, 0.05) is 0 Å². The average molecular weight is 217 g/mol. The summed E-state index contributed by atoms with van der Waals surface area (Å²) in [4.78, 5) is 16.0. The Morgan fingerprint density at radius 3 is 2.62 bits per heavy atom. The summed E-state index contributed by atoms with van der Waals surface area (Å²) >= 11 is 0. The van der Waals surface area contributed by atoms with Crippen LogP contribution in [0.4, 0.5) is 0 Å². The van der Waals surface area contributed by atoms with E-state index in [1.807, 2.05) is 44.2 Å². The molecule has 84 valence electrons. The van der Waals surface area contributed by atoms with Crippen LogP contribution in [0.2, 0.25) is 0 Å². The zero-order valence-corrected chi connectivity index (χ0v) is 9.51.